The first-order valence-electron chi connectivity index (χ1n) is 11.3. The van der Waals surface area contributed by atoms with Gasteiger partial charge in [-0.1, -0.05) is 12.8 Å². The Hall–Kier alpha value is -3.01. The number of amides is 3. The van der Waals surface area contributed by atoms with E-state index in [1.165, 1.54) is 4.57 Å². The van der Waals surface area contributed by atoms with Gasteiger partial charge in [-0.05, 0) is 31.4 Å². The fraction of sp³-hybridized carbons (Fsp3) is 0.591. The molecule has 1 saturated carbocycles. The van der Waals surface area contributed by atoms with Crippen LogP contribution in [0, 0.1) is 0 Å². The summed E-state index contributed by atoms with van der Waals surface area (Å²) in [7, 11) is 1.61. The van der Waals surface area contributed by atoms with Crippen LogP contribution in [0.1, 0.15) is 42.6 Å². The minimum absolute atomic E-state index is 0.0700. The zero-order valence-corrected chi connectivity index (χ0v) is 18.5. The molecule has 10 nitrogen and oxygen atoms in total. The maximum atomic E-state index is 13.2. The summed E-state index contributed by atoms with van der Waals surface area (Å²) in [5.41, 5.74) is 0.409. The van der Waals surface area contributed by atoms with Crippen LogP contribution in [0.5, 0.6) is 0 Å². The molecule has 4 rings (SSSR count). The Morgan fingerprint density at radius 2 is 1.88 bits per heavy atom. The average molecular weight is 443 g/mol. The van der Waals surface area contributed by atoms with E-state index >= 15 is 0 Å². The van der Waals surface area contributed by atoms with E-state index in [4.69, 9.17) is 4.74 Å². The van der Waals surface area contributed by atoms with E-state index in [0.29, 0.717) is 56.9 Å². The molecule has 1 saturated heterocycles. The molecule has 1 aliphatic carbocycles. The number of aromatic nitrogens is 3. The number of ether oxygens (including phenoxy) is 1. The third-order valence-electron chi connectivity index (χ3n) is 6.17. The Morgan fingerprint density at radius 1 is 1.16 bits per heavy atom. The molecule has 0 spiro atoms. The molecular weight excluding hydrogens is 412 g/mol. The highest BCUT2D eigenvalue weighted by atomic mass is 16.5. The van der Waals surface area contributed by atoms with E-state index in [2.05, 4.69) is 15.3 Å². The lowest BCUT2D eigenvalue weighted by Crippen LogP contribution is -2.55. The molecule has 2 aromatic heterocycles. The van der Waals surface area contributed by atoms with Crippen LogP contribution in [0.2, 0.25) is 0 Å². The highest BCUT2D eigenvalue weighted by Crippen LogP contribution is 2.18. The van der Waals surface area contributed by atoms with Crippen molar-refractivity contribution in [3.8, 4) is 0 Å². The molecule has 3 heterocycles. The van der Waals surface area contributed by atoms with E-state index in [1.807, 2.05) is 0 Å². The molecule has 2 aliphatic rings. The van der Waals surface area contributed by atoms with E-state index in [-0.39, 0.29) is 17.8 Å². The Balaban J connectivity index is 1.47. The Kier molecular flexibility index (Phi) is 6.99. The molecule has 10 heteroatoms. The molecule has 0 unspecified atom stereocenters. The summed E-state index contributed by atoms with van der Waals surface area (Å²) in [6.07, 6.45) is 6.60. The van der Waals surface area contributed by atoms with Gasteiger partial charge in [-0.3, -0.25) is 14.2 Å². The first-order chi connectivity index (χ1) is 15.6. The molecule has 0 radical (unpaired) electrons. The number of urea groups is 1. The zero-order valence-electron chi connectivity index (χ0n) is 18.5. The maximum Gasteiger partial charge on any atom is 0.317 e. The van der Waals surface area contributed by atoms with Crippen molar-refractivity contribution in [2.24, 2.45) is 0 Å². The molecular formula is C22H30N6O4. The quantitative estimate of drug-likeness (QED) is 0.674. The topological polar surface area (TPSA) is 110 Å². The maximum absolute atomic E-state index is 13.2. The van der Waals surface area contributed by atoms with Gasteiger partial charge in [0.05, 0.1) is 0 Å². The SMILES string of the molecule is COCCCn1c(=O)c(C(=O)N2CCN(C(=O)NC3CCCC3)CC2)nc2cccnc21. The minimum atomic E-state index is -0.446. The molecule has 2 aromatic rings. The largest absolute Gasteiger partial charge is 0.385 e. The molecule has 0 atom stereocenters. The smallest absolute Gasteiger partial charge is 0.317 e. The van der Waals surface area contributed by atoms with Crippen LogP contribution in [-0.2, 0) is 11.3 Å². The van der Waals surface area contributed by atoms with Gasteiger partial charge in [-0.2, -0.15) is 0 Å². The molecule has 3 amide bonds. The summed E-state index contributed by atoms with van der Waals surface area (Å²) in [6.45, 7) is 2.48. The number of hydrogen-bond donors (Lipinski definition) is 1. The van der Waals surface area contributed by atoms with Crippen molar-refractivity contribution >= 4 is 23.1 Å². The van der Waals surface area contributed by atoms with Crippen molar-refractivity contribution < 1.29 is 14.3 Å². The van der Waals surface area contributed by atoms with Crippen LogP contribution in [0.25, 0.3) is 11.2 Å². The number of rotatable bonds is 6. The van der Waals surface area contributed by atoms with Crippen molar-refractivity contribution in [2.75, 3.05) is 39.9 Å². The minimum Gasteiger partial charge on any atom is -0.385 e. The van der Waals surface area contributed by atoms with Crippen LogP contribution in [0.15, 0.2) is 23.1 Å². The van der Waals surface area contributed by atoms with Gasteiger partial charge in [-0.15, -0.1) is 0 Å². The number of nitrogens with one attached hydrogen (secondary N) is 1. The summed E-state index contributed by atoms with van der Waals surface area (Å²) in [6, 6.07) is 3.67. The summed E-state index contributed by atoms with van der Waals surface area (Å²) >= 11 is 0. The summed E-state index contributed by atoms with van der Waals surface area (Å²) in [5.74, 6) is -0.405. The first-order valence-corrected chi connectivity index (χ1v) is 11.3. The van der Waals surface area contributed by atoms with Gasteiger partial charge in [0, 0.05) is 58.7 Å². The van der Waals surface area contributed by atoms with E-state index in [1.54, 1.807) is 35.2 Å². The molecule has 32 heavy (non-hydrogen) atoms. The second-order valence-corrected chi connectivity index (χ2v) is 8.32. The summed E-state index contributed by atoms with van der Waals surface area (Å²) in [4.78, 5) is 50.8. The van der Waals surface area contributed by atoms with E-state index in [9.17, 15) is 14.4 Å². The number of pyridine rings is 1. The molecule has 172 valence electrons. The van der Waals surface area contributed by atoms with Crippen LogP contribution in [0.3, 0.4) is 0 Å². The Bertz CT molecular complexity index is 1020. The highest BCUT2D eigenvalue weighted by Gasteiger charge is 2.29. The lowest BCUT2D eigenvalue weighted by Gasteiger charge is -2.35. The monoisotopic (exact) mass is 442 g/mol. The number of carbonyl (C=O) groups is 2. The summed E-state index contributed by atoms with van der Waals surface area (Å²) < 4.78 is 6.60. The van der Waals surface area contributed by atoms with Gasteiger partial charge in [-0.25, -0.2) is 14.8 Å². The molecule has 1 N–H and O–H groups in total. The molecule has 0 bridgehead atoms. The Labute approximate surface area is 186 Å². The number of nitrogens with zero attached hydrogens (tertiary/aromatic N) is 5. The third kappa shape index (κ3) is 4.74. The van der Waals surface area contributed by atoms with Gasteiger partial charge < -0.3 is 19.9 Å². The number of carbonyl (C=O) groups excluding carboxylic acids is 2. The van der Waals surface area contributed by atoms with E-state index in [0.717, 1.165) is 25.7 Å². The van der Waals surface area contributed by atoms with Gasteiger partial charge in [0.25, 0.3) is 11.5 Å². The molecule has 2 fully saturated rings. The number of aryl methyl sites for hydroxylation is 1. The fourth-order valence-corrected chi connectivity index (χ4v) is 4.39. The number of hydrogen-bond acceptors (Lipinski definition) is 6. The van der Waals surface area contributed by atoms with Crippen LogP contribution in [-0.4, -0.2) is 82.2 Å². The lowest BCUT2D eigenvalue weighted by atomic mass is 10.2. The van der Waals surface area contributed by atoms with Crippen molar-refractivity contribution in [1.82, 2.24) is 29.7 Å². The Morgan fingerprint density at radius 3 is 2.59 bits per heavy atom. The first kappa shape index (κ1) is 22.2. The normalized spacial score (nSPS) is 17.2. The average Bonchev–Trinajstić information content (AvgIpc) is 3.33. The zero-order chi connectivity index (χ0) is 22.5. The number of fused-ring (bicyclic) bond motifs is 1. The van der Waals surface area contributed by atoms with Crippen molar-refractivity contribution in [3.05, 3.63) is 34.4 Å². The number of piperazine rings is 1. The number of methoxy groups -OCH3 is 1. The third-order valence-corrected chi connectivity index (χ3v) is 6.17. The van der Waals surface area contributed by atoms with Crippen LogP contribution < -0.4 is 10.9 Å². The lowest BCUT2D eigenvalue weighted by molar-refractivity contribution is 0.0655. The molecule has 0 aromatic carbocycles. The highest BCUT2D eigenvalue weighted by molar-refractivity contribution is 5.93. The molecule has 1 aliphatic heterocycles. The predicted octanol–water partition coefficient (Wildman–Crippen LogP) is 1.24. The predicted molar refractivity (Wildman–Crippen MR) is 119 cm³/mol. The van der Waals surface area contributed by atoms with Gasteiger partial charge in [0.1, 0.15) is 5.52 Å². The van der Waals surface area contributed by atoms with E-state index < -0.39 is 11.5 Å². The summed E-state index contributed by atoms with van der Waals surface area (Å²) in [5, 5.41) is 3.09. The van der Waals surface area contributed by atoms with Crippen LogP contribution >= 0.6 is 0 Å². The van der Waals surface area contributed by atoms with Crippen LogP contribution in [0.4, 0.5) is 4.79 Å². The second kappa shape index (κ2) is 10.1. The van der Waals surface area contributed by atoms with Gasteiger partial charge in [0.15, 0.2) is 11.3 Å². The standard InChI is InChI=1S/C22H30N6O4/c1-32-15-5-10-28-19-17(8-4-9-23-19)25-18(21(28)30)20(29)26-11-13-27(14-12-26)22(31)24-16-6-2-3-7-16/h4,8-9,16H,2-3,5-7,10-15H2,1H3,(H,24,31). The fourth-order valence-electron chi connectivity index (χ4n) is 4.39. The van der Waals surface area contributed by atoms with Gasteiger partial charge >= 0.3 is 6.03 Å². The van der Waals surface area contributed by atoms with Gasteiger partial charge in [0.2, 0.25) is 0 Å². The van der Waals surface area contributed by atoms with Crippen molar-refractivity contribution in [3.63, 3.8) is 0 Å². The second-order valence-electron chi connectivity index (χ2n) is 8.32. The van der Waals surface area contributed by atoms with Crippen molar-refractivity contribution in [1.29, 1.82) is 0 Å². The van der Waals surface area contributed by atoms with Crippen molar-refractivity contribution in [2.45, 2.75) is 44.7 Å².